The molecule has 0 rings (SSSR count). The normalized spacial score (nSPS) is 0.889. The topological polar surface area (TPSA) is 95.2 Å². The Hall–Kier alpha value is -1.16. The Morgan fingerprint density at radius 3 is 0.444 bits per heavy atom. The van der Waals surface area contributed by atoms with E-state index in [2.05, 4.69) is 0 Å². The quantitative estimate of drug-likeness (QED) is 0.522. The standard InChI is InChI=1S/4CN.Zr/c4*1-2;/q4*-1;+4. The zero-order valence-corrected chi connectivity index (χ0v) is 6.75. The minimum Gasteiger partial charge on any atom is -0.512 e. The third-order valence-electron chi connectivity index (χ3n) is 0. The molecule has 0 aromatic heterocycles. The number of rotatable bonds is 0. The van der Waals surface area contributed by atoms with E-state index in [1.165, 1.54) is 0 Å². The number of nitrogens with zero attached hydrogens (tertiary/aromatic N) is 4. The molecule has 0 aromatic rings. The van der Waals surface area contributed by atoms with Gasteiger partial charge < -0.3 is 47.3 Å². The molecule has 9 heavy (non-hydrogen) atoms. The van der Waals surface area contributed by atoms with Crippen LogP contribution in [0.5, 0.6) is 0 Å². The molecule has 0 saturated heterocycles. The number of hydrogen-bond acceptors (Lipinski definition) is 4. The molecule has 4 nitrogen and oxygen atoms in total. The van der Waals surface area contributed by atoms with E-state index < -0.39 is 0 Å². The minimum absolute atomic E-state index is 0. The first kappa shape index (κ1) is 45.4. The Bertz CT molecular complexity index is 55.5. The van der Waals surface area contributed by atoms with E-state index in [0.717, 1.165) is 0 Å². The van der Waals surface area contributed by atoms with Gasteiger partial charge in [-0.25, -0.2) is 0 Å². The molecule has 0 aromatic carbocycles. The van der Waals surface area contributed by atoms with Gasteiger partial charge in [-0.15, -0.1) is 0 Å². The van der Waals surface area contributed by atoms with Crippen LogP contribution in [0.1, 0.15) is 0 Å². The molecule has 40 valence electrons. The van der Waals surface area contributed by atoms with E-state index in [9.17, 15) is 0 Å². The molecule has 0 fully saturated rings. The summed E-state index contributed by atoms with van der Waals surface area (Å²) in [5.74, 6) is 0. The van der Waals surface area contributed by atoms with Gasteiger partial charge in [-0.3, -0.25) is 0 Å². The van der Waals surface area contributed by atoms with Crippen molar-refractivity contribution in [2.24, 2.45) is 0 Å². The summed E-state index contributed by atoms with van der Waals surface area (Å²) in [6.45, 7) is 19.0. The average molecular weight is 195 g/mol. The van der Waals surface area contributed by atoms with Crippen molar-refractivity contribution >= 4 is 0 Å². The van der Waals surface area contributed by atoms with Gasteiger partial charge in [-0.1, -0.05) is 0 Å². The molecule has 5 heteroatoms. The van der Waals surface area contributed by atoms with Crippen molar-refractivity contribution in [1.82, 2.24) is 0 Å². The summed E-state index contributed by atoms with van der Waals surface area (Å²) in [6.07, 6.45) is 0. The summed E-state index contributed by atoms with van der Waals surface area (Å²) in [4.78, 5) is 0. The second-order valence-electron chi connectivity index (χ2n) is 0. The average Bonchev–Trinajstić information content (AvgIpc) is 2.03. The Labute approximate surface area is 73.7 Å². The first-order valence-electron chi connectivity index (χ1n) is 0.894. The van der Waals surface area contributed by atoms with Crippen LogP contribution in [0.4, 0.5) is 0 Å². The molecule has 0 amide bonds. The van der Waals surface area contributed by atoms with Gasteiger partial charge in [-0.2, -0.15) is 0 Å². The molecule has 0 aliphatic heterocycles. The molecule has 0 spiro atoms. The van der Waals surface area contributed by atoms with Crippen LogP contribution in [0.3, 0.4) is 0 Å². The van der Waals surface area contributed by atoms with Crippen molar-refractivity contribution in [1.29, 1.82) is 21.0 Å². The molecule has 0 aliphatic rings. The van der Waals surface area contributed by atoms with Crippen molar-refractivity contribution < 1.29 is 26.2 Å². The van der Waals surface area contributed by atoms with Crippen LogP contribution in [-0.4, -0.2) is 0 Å². The third kappa shape index (κ3) is 120. The summed E-state index contributed by atoms with van der Waals surface area (Å²) in [5, 5.41) is 25.0. The van der Waals surface area contributed by atoms with Crippen LogP contribution in [0.25, 0.3) is 0 Å². The van der Waals surface area contributed by atoms with E-state index >= 15 is 0 Å². The van der Waals surface area contributed by atoms with Crippen LogP contribution in [0.2, 0.25) is 0 Å². The summed E-state index contributed by atoms with van der Waals surface area (Å²) in [5.41, 5.74) is 0. The van der Waals surface area contributed by atoms with Crippen LogP contribution < -0.4 is 0 Å². The van der Waals surface area contributed by atoms with Crippen molar-refractivity contribution in [2.45, 2.75) is 0 Å². The molecule has 0 atom stereocenters. The molecular formula is C4N4Zr. The van der Waals surface area contributed by atoms with Gasteiger partial charge in [0.15, 0.2) is 0 Å². The number of hydrogen-bond donors (Lipinski definition) is 0. The van der Waals surface area contributed by atoms with Gasteiger partial charge in [0.05, 0.1) is 0 Å². The van der Waals surface area contributed by atoms with Gasteiger partial charge >= 0.3 is 26.2 Å². The Morgan fingerprint density at radius 1 is 0.444 bits per heavy atom. The molecule has 0 aliphatic carbocycles. The van der Waals surface area contributed by atoms with Crippen molar-refractivity contribution in [3.63, 3.8) is 0 Å². The molecule has 0 unspecified atom stereocenters. The van der Waals surface area contributed by atoms with Crippen LogP contribution in [0.15, 0.2) is 0 Å². The predicted octanol–water partition coefficient (Wildman–Crippen LogP) is 0.383. The Morgan fingerprint density at radius 2 is 0.444 bits per heavy atom. The van der Waals surface area contributed by atoms with Gasteiger partial charge in [0, 0.05) is 0 Å². The first-order valence-corrected chi connectivity index (χ1v) is 0.894. The summed E-state index contributed by atoms with van der Waals surface area (Å²) >= 11 is 0. The second kappa shape index (κ2) is 175. The maximum absolute atomic E-state index is 6.25. The monoisotopic (exact) mass is 194 g/mol. The van der Waals surface area contributed by atoms with E-state index in [1.54, 1.807) is 0 Å². The Balaban J connectivity index is -0.00000000762. The van der Waals surface area contributed by atoms with Crippen LogP contribution in [0, 0.1) is 47.3 Å². The predicted molar refractivity (Wildman–Crippen MR) is 19.9 cm³/mol. The van der Waals surface area contributed by atoms with Gasteiger partial charge in [0.1, 0.15) is 0 Å². The summed E-state index contributed by atoms with van der Waals surface area (Å²) in [7, 11) is 0. The van der Waals surface area contributed by atoms with Gasteiger partial charge in [-0.05, 0) is 0 Å². The van der Waals surface area contributed by atoms with Crippen molar-refractivity contribution in [3.8, 4) is 0 Å². The van der Waals surface area contributed by atoms with Crippen molar-refractivity contribution in [3.05, 3.63) is 26.3 Å². The summed E-state index contributed by atoms with van der Waals surface area (Å²) in [6, 6.07) is 0. The molecule has 0 heterocycles. The van der Waals surface area contributed by atoms with Crippen LogP contribution in [-0.2, 0) is 26.2 Å². The van der Waals surface area contributed by atoms with E-state index in [1.807, 2.05) is 0 Å². The zero-order chi connectivity index (χ0) is 8.00. The molecule has 0 bridgehead atoms. The first-order chi connectivity index (χ1) is 4.00. The van der Waals surface area contributed by atoms with E-state index in [0.29, 0.717) is 0 Å². The third-order valence-corrected chi connectivity index (χ3v) is 0. The maximum atomic E-state index is 6.25. The van der Waals surface area contributed by atoms with E-state index in [-0.39, 0.29) is 26.2 Å². The maximum Gasteiger partial charge on any atom is 4.00 e. The molecular weight excluding hydrogens is 195 g/mol. The molecule has 0 radical (unpaired) electrons. The zero-order valence-electron chi connectivity index (χ0n) is 4.29. The smallest absolute Gasteiger partial charge is 0.512 e. The van der Waals surface area contributed by atoms with E-state index in [4.69, 9.17) is 47.3 Å². The fourth-order valence-corrected chi connectivity index (χ4v) is 0. The van der Waals surface area contributed by atoms with Crippen LogP contribution >= 0.6 is 0 Å². The van der Waals surface area contributed by atoms with Gasteiger partial charge in [0.2, 0.25) is 0 Å². The molecule has 0 saturated carbocycles. The fourth-order valence-electron chi connectivity index (χ4n) is 0. The fraction of sp³-hybridized carbons (Fsp3) is 0. The Kier molecular flexibility index (Phi) is 881. The van der Waals surface area contributed by atoms with Gasteiger partial charge in [0.25, 0.3) is 0 Å². The largest absolute Gasteiger partial charge is 4.00 e. The van der Waals surface area contributed by atoms with Crippen molar-refractivity contribution in [2.75, 3.05) is 0 Å². The second-order valence-corrected chi connectivity index (χ2v) is 0. The SMILES string of the molecule is [C-]#N.[C-]#N.[C-]#N.[C-]#N.[Zr+4]. The molecule has 0 N–H and O–H groups in total. The minimum atomic E-state index is 0. The summed E-state index contributed by atoms with van der Waals surface area (Å²) < 4.78 is 0.